The first-order chi connectivity index (χ1) is 18.0. The molecule has 0 radical (unpaired) electrons. The van der Waals surface area contributed by atoms with Gasteiger partial charge in [0.25, 0.3) is 0 Å². The van der Waals surface area contributed by atoms with E-state index in [0.29, 0.717) is 12.8 Å². The topological polar surface area (TPSA) is 142 Å². The fourth-order valence-electron chi connectivity index (χ4n) is 4.28. The van der Waals surface area contributed by atoms with Gasteiger partial charge >= 0.3 is 0 Å². The zero-order valence-corrected chi connectivity index (χ0v) is 25.9. The Bertz CT molecular complexity index is 807. The number of nitrogens with one attached hydrogen (secondary N) is 3. The molecule has 226 valence electrons. The molecule has 0 fully saturated rings. The minimum Gasteiger partial charge on any atom is -0.391 e. The van der Waals surface area contributed by atoms with Gasteiger partial charge in [0.05, 0.1) is 24.2 Å². The lowest BCUT2D eigenvalue weighted by Gasteiger charge is -2.27. The van der Waals surface area contributed by atoms with E-state index in [2.05, 4.69) is 16.0 Å². The van der Waals surface area contributed by atoms with Crippen molar-refractivity contribution in [1.82, 2.24) is 16.0 Å². The summed E-state index contributed by atoms with van der Waals surface area (Å²) < 4.78 is 0. The van der Waals surface area contributed by atoms with Crippen molar-refractivity contribution in [2.75, 3.05) is 0 Å². The van der Waals surface area contributed by atoms with Crippen LogP contribution in [-0.2, 0) is 24.0 Å². The molecular weight excluding hydrogens is 498 g/mol. The third-order valence-corrected chi connectivity index (χ3v) is 6.80. The molecule has 0 heterocycles. The third kappa shape index (κ3) is 14.7. The minimum atomic E-state index is -0.837. The number of carbonyl (C=O) groups is 5. The van der Waals surface area contributed by atoms with Gasteiger partial charge in [0.2, 0.25) is 11.8 Å². The van der Waals surface area contributed by atoms with Crippen molar-refractivity contribution >= 4 is 29.2 Å². The molecule has 2 amide bonds. The number of hydrogen-bond acceptors (Lipinski definition) is 7. The fourth-order valence-corrected chi connectivity index (χ4v) is 4.28. The second kappa shape index (κ2) is 18.3. The van der Waals surface area contributed by atoms with Crippen LogP contribution in [0.4, 0.5) is 0 Å². The van der Waals surface area contributed by atoms with E-state index in [4.69, 9.17) is 0 Å². The maximum atomic E-state index is 12.8. The molecule has 9 nitrogen and oxygen atoms in total. The van der Waals surface area contributed by atoms with Crippen molar-refractivity contribution in [3.63, 3.8) is 0 Å². The summed E-state index contributed by atoms with van der Waals surface area (Å²) in [7, 11) is 0. The number of carbonyl (C=O) groups excluding carboxylic acids is 5. The van der Waals surface area contributed by atoms with Crippen LogP contribution in [0.5, 0.6) is 0 Å². The average Bonchev–Trinajstić information content (AvgIpc) is 2.84. The fraction of sp³-hybridized carbons (Fsp3) is 0.833. The van der Waals surface area contributed by atoms with Crippen LogP contribution in [-0.4, -0.2) is 64.5 Å². The molecule has 9 heteroatoms. The van der Waals surface area contributed by atoms with Crippen LogP contribution in [0.25, 0.3) is 0 Å². The highest BCUT2D eigenvalue weighted by Gasteiger charge is 2.28. The van der Waals surface area contributed by atoms with Gasteiger partial charge in [0, 0.05) is 43.1 Å². The minimum absolute atomic E-state index is 0.0216. The Morgan fingerprint density at radius 2 is 1.05 bits per heavy atom. The molecule has 0 aliphatic carbocycles. The highest BCUT2D eigenvalue weighted by Crippen LogP contribution is 2.15. The monoisotopic (exact) mass is 553 g/mol. The van der Waals surface area contributed by atoms with Crippen LogP contribution in [0.2, 0.25) is 0 Å². The van der Waals surface area contributed by atoms with Crippen LogP contribution < -0.4 is 16.0 Å². The Balaban J connectivity index is 5.27. The molecule has 0 saturated carbocycles. The summed E-state index contributed by atoms with van der Waals surface area (Å²) in [4.78, 5) is 63.1. The second-order valence-corrected chi connectivity index (χ2v) is 12.3. The zero-order valence-electron chi connectivity index (χ0n) is 25.9. The van der Waals surface area contributed by atoms with E-state index < -0.39 is 24.2 Å². The van der Waals surface area contributed by atoms with E-state index in [0.717, 1.165) is 0 Å². The second-order valence-electron chi connectivity index (χ2n) is 12.3. The van der Waals surface area contributed by atoms with Gasteiger partial charge in [-0.05, 0) is 25.2 Å². The molecule has 4 N–H and O–H groups in total. The number of aliphatic hydroxyl groups is 1. The molecule has 0 rings (SSSR count). The molecule has 39 heavy (non-hydrogen) atoms. The lowest BCUT2D eigenvalue weighted by molar-refractivity contribution is -0.131. The highest BCUT2D eigenvalue weighted by molar-refractivity contribution is 5.91. The number of amides is 2. The summed E-state index contributed by atoms with van der Waals surface area (Å²) in [6.07, 6.45) is 0.242. The maximum Gasteiger partial charge on any atom is 0.220 e. The van der Waals surface area contributed by atoms with Gasteiger partial charge in [-0.3, -0.25) is 24.0 Å². The molecule has 0 aromatic rings. The van der Waals surface area contributed by atoms with E-state index in [1.165, 1.54) is 0 Å². The summed E-state index contributed by atoms with van der Waals surface area (Å²) >= 11 is 0. The lowest BCUT2D eigenvalue weighted by Crippen LogP contribution is -2.47. The van der Waals surface area contributed by atoms with Crippen molar-refractivity contribution in [3.8, 4) is 0 Å². The van der Waals surface area contributed by atoms with Gasteiger partial charge in [0.1, 0.15) is 5.78 Å². The molecule has 4 atom stereocenters. The number of hydrogen-bond donors (Lipinski definition) is 4. The Hall–Kier alpha value is -2.13. The Morgan fingerprint density at radius 3 is 1.49 bits per heavy atom. The predicted molar refractivity (Wildman–Crippen MR) is 154 cm³/mol. The van der Waals surface area contributed by atoms with Crippen LogP contribution in [0.15, 0.2) is 0 Å². The molecule has 4 unspecified atom stereocenters. The summed E-state index contributed by atoms with van der Waals surface area (Å²) in [6.45, 7) is 18.3. The lowest BCUT2D eigenvalue weighted by atomic mass is 9.93. The number of Topliss-reactive ketones (excluding diaryl/α,β-unsaturated/α-hetero) is 3. The summed E-state index contributed by atoms with van der Waals surface area (Å²) in [5, 5.41) is 19.4. The normalized spacial score (nSPS) is 15.0. The van der Waals surface area contributed by atoms with E-state index in [1.807, 2.05) is 55.4 Å². The number of ketones is 3. The van der Waals surface area contributed by atoms with Gasteiger partial charge in [-0.2, -0.15) is 0 Å². The van der Waals surface area contributed by atoms with E-state index >= 15 is 0 Å². The van der Waals surface area contributed by atoms with E-state index in [9.17, 15) is 29.1 Å². The van der Waals surface area contributed by atoms with Crippen LogP contribution >= 0.6 is 0 Å². The van der Waals surface area contributed by atoms with E-state index in [-0.39, 0.29) is 84.6 Å². The zero-order chi connectivity index (χ0) is 30.4. The van der Waals surface area contributed by atoms with Gasteiger partial charge in [-0.15, -0.1) is 0 Å². The van der Waals surface area contributed by atoms with Crippen LogP contribution in [0, 0.1) is 23.7 Å². The van der Waals surface area contributed by atoms with Crippen LogP contribution in [0.1, 0.15) is 108 Å². The first-order valence-electron chi connectivity index (χ1n) is 14.6. The SMILES string of the molecule is CC(C)NC(CCC(=O)NC(CCC(=O)NC(CCC(=O)C(C)C)C(O)C(C)C)C(=O)C(C)C)C(=O)C(C)C. The summed E-state index contributed by atoms with van der Waals surface area (Å²) in [6, 6.07) is -1.79. The predicted octanol–water partition coefficient (Wildman–Crippen LogP) is 3.36. The third-order valence-electron chi connectivity index (χ3n) is 6.80. The highest BCUT2D eigenvalue weighted by atomic mass is 16.3. The van der Waals surface area contributed by atoms with Crippen molar-refractivity contribution in [1.29, 1.82) is 0 Å². The van der Waals surface area contributed by atoms with Crippen LogP contribution in [0.3, 0.4) is 0 Å². The number of rotatable bonds is 20. The molecular formula is C30H55N3O6. The Labute approximate surface area is 236 Å². The largest absolute Gasteiger partial charge is 0.391 e. The first-order valence-corrected chi connectivity index (χ1v) is 14.6. The number of aliphatic hydroxyl groups excluding tert-OH is 1. The van der Waals surface area contributed by atoms with Crippen molar-refractivity contribution < 1.29 is 29.1 Å². The van der Waals surface area contributed by atoms with Crippen molar-refractivity contribution in [2.45, 2.75) is 138 Å². The molecule has 0 aromatic heterocycles. The Kier molecular flexibility index (Phi) is 17.3. The molecule has 0 spiro atoms. The van der Waals surface area contributed by atoms with Crippen molar-refractivity contribution in [3.05, 3.63) is 0 Å². The molecule has 0 bridgehead atoms. The molecule has 0 aliphatic heterocycles. The smallest absolute Gasteiger partial charge is 0.220 e. The average molecular weight is 554 g/mol. The Morgan fingerprint density at radius 1 is 0.590 bits per heavy atom. The standard InChI is InChI=1S/C30H55N3O6/c1-17(2)25(34)14-11-23(29(38)19(5)6)32-27(36)16-13-24(30(39)20(7)8)33-26(35)15-12-22(31-21(9)10)28(37)18(3)4/h17-24,29,31,38H,11-16H2,1-10H3,(H,32,36)(H,33,35). The summed E-state index contributed by atoms with van der Waals surface area (Å²) in [5.41, 5.74) is 0. The summed E-state index contributed by atoms with van der Waals surface area (Å²) in [5.74, 6) is -1.51. The maximum absolute atomic E-state index is 12.8. The molecule has 0 aliphatic rings. The van der Waals surface area contributed by atoms with Gasteiger partial charge in [-0.1, -0.05) is 69.2 Å². The molecule has 0 aromatic carbocycles. The quantitative estimate of drug-likeness (QED) is 0.181. The van der Waals surface area contributed by atoms with Crippen molar-refractivity contribution in [2.24, 2.45) is 23.7 Å². The van der Waals surface area contributed by atoms with Gasteiger partial charge < -0.3 is 21.1 Å². The molecule has 0 saturated heterocycles. The first kappa shape index (κ1) is 36.9. The van der Waals surface area contributed by atoms with Gasteiger partial charge in [-0.25, -0.2) is 0 Å². The van der Waals surface area contributed by atoms with E-state index in [1.54, 1.807) is 13.8 Å². The van der Waals surface area contributed by atoms with Gasteiger partial charge in [0.15, 0.2) is 11.6 Å².